The normalized spacial score (nSPS) is 15.7. The zero-order chi connectivity index (χ0) is 18.4. The number of rotatable bonds is 3. The molecule has 0 amide bonds. The number of aromatic amines is 1. The molecule has 0 atom stereocenters. The lowest BCUT2D eigenvalue weighted by atomic mass is 10.0. The maximum absolute atomic E-state index is 6.67. The molecular formula is C19H19ClN6O. The number of halogens is 1. The third-order valence-electron chi connectivity index (χ3n) is 5.21. The topological polar surface area (TPSA) is 94.6 Å². The van der Waals surface area contributed by atoms with Crippen molar-refractivity contribution >= 4 is 39.4 Å². The van der Waals surface area contributed by atoms with Crippen molar-refractivity contribution in [3.63, 3.8) is 0 Å². The van der Waals surface area contributed by atoms with E-state index in [4.69, 9.17) is 27.2 Å². The molecule has 1 saturated heterocycles. The minimum absolute atomic E-state index is 0.406. The number of para-hydroxylation sites is 1. The molecule has 0 bridgehead atoms. The Morgan fingerprint density at radius 2 is 2.04 bits per heavy atom. The number of anilines is 1. The van der Waals surface area contributed by atoms with Gasteiger partial charge in [0.05, 0.1) is 16.1 Å². The quantitative estimate of drug-likeness (QED) is 0.564. The van der Waals surface area contributed by atoms with Crippen molar-refractivity contribution in [3.8, 4) is 11.4 Å². The van der Waals surface area contributed by atoms with E-state index in [9.17, 15) is 0 Å². The van der Waals surface area contributed by atoms with Gasteiger partial charge in [-0.05, 0) is 24.8 Å². The van der Waals surface area contributed by atoms with Crippen LogP contribution >= 0.6 is 11.6 Å². The van der Waals surface area contributed by atoms with Gasteiger partial charge in [0.2, 0.25) is 0 Å². The van der Waals surface area contributed by atoms with Crippen molar-refractivity contribution < 1.29 is 4.74 Å². The van der Waals surface area contributed by atoms with Crippen LogP contribution in [0.5, 0.6) is 0 Å². The van der Waals surface area contributed by atoms with Gasteiger partial charge in [-0.3, -0.25) is 0 Å². The van der Waals surface area contributed by atoms with E-state index in [1.165, 1.54) is 6.33 Å². The Morgan fingerprint density at radius 3 is 2.85 bits per heavy atom. The summed E-state index contributed by atoms with van der Waals surface area (Å²) in [6.45, 7) is 2.36. The first kappa shape index (κ1) is 16.5. The monoisotopic (exact) mass is 382 g/mol. The molecule has 0 unspecified atom stereocenters. The van der Waals surface area contributed by atoms with Gasteiger partial charge in [-0.2, -0.15) is 5.10 Å². The van der Waals surface area contributed by atoms with E-state index in [0.717, 1.165) is 60.2 Å². The Hall–Kier alpha value is -2.64. The molecule has 0 radical (unpaired) electrons. The second-order valence-electron chi connectivity index (χ2n) is 6.90. The Labute approximate surface area is 160 Å². The summed E-state index contributed by atoms with van der Waals surface area (Å²) in [6, 6.07) is 7.91. The van der Waals surface area contributed by atoms with Crippen LogP contribution in [0.15, 0.2) is 30.6 Å². The molecule has 1 aliphatic rings. The first-order valence-electron chi connectivity index (χ1n) is 9.03. The highest BCUT2D eigenvalue weighted by Gasteiger charge is 2.23. The van der Waals surface area contributed by atoms with Gasteiger partial charge in [-0.1, -0.05) is 29.8 Å². The lowest BCUT2D eigenvalue weighted by Gasteiger charge is -2.21. The summed E-state index contributed by atoms with van der Waals surface area (Å²) in [4.78, 5) is 12.0. The maximum Gasteiger partial charge on any atom is 0.164 e. The summed E-state index contributed by atoms with van der Waals surface area (Å²) < 4.78 is 7.40. The molecule has 7 nitrogen and oxygen atoms in total. The van der Waals surface area contributed by atoms with Crippen molar-refractivity contribution in [1.82, 2.24) is 24.7 Å². The number of hydrogen-bond acceptors (Lipinski definition) is 5. The number of H-pyrrole nitrogens is 1. The lowest BCUT2D eigenvalue weighted by molar-refractivity contribution is 0.0605. The van der Waals surface area contributed by atoms with Gasteiger partial charge in [0.15, 0.2) is 5.65 Å². The van der Waals surface area contributed by atoms with E-state index in [1.54, 1.807) is 0 Å². The van der Waals surface area contributed by atoms with Crippen molar-refractivity contribution in [1.29, 1.82) is 0 Å². The van der Waals surface area contributed by atoms with Gasteiger partial charge in [0.25, 0.3) is 0 Å². The molecule has 1 aliphatic heterocycles. The smallest absolute Gasteiger partial charge is 0.164 e. The molecular weight excluding hydrogens is 364 g/mol. The van der Waals surface area contributed by atoms with Crippen LogP contribution in [0.4, 0.5) is 5.82 Å². The van der Waals surface area contributed by atoms with Gasteiger partial charge in [0, 0.05) is 30.7 Å². The average molecular weight is 383 g/mol. The predicted octanol–water partition coefficient (Wildman–Crippen LogP) is 3.64. The van der Waals surface area contributed by atoms with E-state index in [1.807, 2.05) is 28.9 Å². The number of nitrogens with zero attached hydrogens (tertiary/aromatic N) is 4. The minimum Gasteiger partial charge on any atom is -0.383 e. The molecule has 5 rings (SSSR count). The van der Waals surface area contributed by atoms with Crippen molar-refractivity contribution in [2.24, 2.45) is 5.92 Å². The largest absolute Gasteiger partial charge is 0.383 e. The molecule has 27 heavy (non-hydrogen) atoms. The van der Waals surface area contributed by atoms with Gasteiger partial charge < -0.3 is 15.5 Å². The van der Waals surface area contributed by atoms with Gasteiger partial charge in [-0.25, -0.2) is 14.6 Å². The van der Waals surface area contributed by atoms with Gasteiger partial charge in [0.1, 0.15) is 17.8 Å². The van der Waals surface area contributed by atoms with E-state index in [0.29, 0.717) is 22.5 Å². The fourth-order valence-corrected chi connectivity index (χ4v) is 4.08. The van der Waals surface area contributed by atoms with E-state index in [-0.39, 0.29) is 0 Å². The Bertz CT molecular complexity index is 1130. The highest BCUT2D eigenvalue weighted by atomic mass is 35.5. The SMILES string of the molecule is Nc1ncnc2c1c(-c1[nH]c3ccccc3c1Cl)nn2CC1CCOCC1. The summed E-state index contributed by atoms with van der Waals surface area (Å²) >= 11 is 6.67. The van der Waals surface area contributed by atoms with Gasteiger partial charge >= 0.3 is 0 Å². The summed E-state index contributed by atoms with van der Waals surface area (Å²) in [5.41, 5.74) is 9.33. The van der Waals surface area contributed by atoms with E-state index < -0.39 is 0 Å². The highest BCUT2D eigenvalue weighted by molar-refractivity contribution is 6.38. The van der Waals surface area contributed by atoms with Crippen LogP contribution < -0.4 is 5.73 Å². The molecule has 4 heterocycles. The number of nitrogen functional groups attached to an aromatic ring is 1. The Kier molecular flexibility index (Phi) is 3.98. The zero-order valence-electron chi connectivity index (χ0n) is 14.7. The lowest BCUT2D eigenvalue weighted by Crippen LogP contribution is -2.21. The van der Waals surface area contributed by atoms with Gasteiger partial charge in [-0.15, -0.1) is 0 Å². The molecule has 3 N–H and O–H groups in total. The third kappa shape index (κ3) is 2.74. The van der Waals surface area contributed by atoms with Crippen molar-refractivity contribution in [3.05, 3.63) is 35.6 Å². The van der Waals surface area contributed by atoms with Crippen LogP contribution in [0.2, 0.25) is 5.02 Å². The average Bonchev–Trinajstić information content (AvgIpc) is 3.22. The fourth-order valence-electron chi connectivity index (χ4n) is 3.78. The zero-order valence-corrected chi connectivity index (χ0v) is 15.4. The third-order valence-corrected chi connectivity index (χ3v) is 5.60. The Balaban J connectivity index is 1.68. The van der Waals surface area contributed by atoms with E-state index in [2.05, 4.69) is 15.0 Å². The molecule has 0 saturated carbocycles. The second kappa shape index (κ2) is 6.51. The summed E-state index contributed by atoms with van der Waals surface area (Å²) in [5, 5.41) is 7.17. The van der Waals surface area contributed by atoms with Crippen LogP contribution in [0, 0.1) is 5.92 Å². The predicted molar refractivity (Wildman–Crippen MR) is 106 cm³/mol. The van der Waals surface area contributed by atoms with Crippen molar-refractivity contribution in [2.75, 3.05) is 18.9 Å². The summed E-state index contributed by atoms with van der Waals surface area (Å²) in [5.74, 6) is 0.909. The second-order valence-corrected chi connectivity index (χ2v) is 7.28. The molecule has 4 aromatic rings. The molecule has 0 spiro atoms. The number of ether oxygens (including phenoxy) is 1. The first-order valence-corrected chi connectivity index (χ1v) is 9.41. The van der Waals surface area contributed by atoms with Crippen LogP contribution in [-0.4, -0.2) is 37.9 Å². The first-order chi connectivity index (χ1) is 13.2. The number of benzene rings is 1. The fraction of sp³-hybridized carbons (Fsp3) is 0.316. The number of nitrogens with two attached hydrogens (primary N) is 1. The molecule has 138 valence electrons. The standard InChI is InChI=1S/C19H19ClN6O/c20-15-12-3-1-2-4-13(12)24-17(15)16-14-18(21)22-10-23-19(14)26(25-16)9-11-5-7-27-8-6-11/h1-4,10-11,24H,5-9H2,(H2,21,22,23). The molecule has 1 aromatic carbocycles. The molecule has 3 aromatic heterocycles. The van der Waals surface area contributed by atoms with Crippen LogP contribution in [0.1, 0.15) is 12.8 Å². The number of hydrogen-bond donors (Lipinski definition) is 2. The highest BCUT2D eigenvalue weighted by Crippen LogP contribution is 2.38. The van der Waals surface area contributed by atoms with E-state index >= 15 is 0 Å². The van der Waals surface area contributed by atoms with Crippen LogP contribution in [0.3, 0.4) is 0 Å². The van der Waals surface area contributed by atoms with Crippen LogP contribution in [-0.2, 0) is 11.3 Å². The number of aromatic nitrogens is 5. The summed E-state index contributed by atoms with van der Waals surface area (Å²) in [6.07, 6.45) is 3.52. The Morgan fingerprint density at radius 1 is 1.22 bits per heavy atom. The summed E-state index contributed by atoms with van der Waals surface area (Å²) in [7, 11) is 0. The number of fused-ring (bicyclic) bond motifs is 2. The van der Waals surface area contributed by atoms with Crippen LogP contribution in [0.25, 0.3) is 33.3 Å². The number of nitrogens with one attached hydrogen (secondary N) is 1. The molecule has 8 heteroatoms. The van der Waals surface area contributed by atoms with Crippen molar-refractivity contribution in [2.45, 2.75) is 19.4 Å². The minimum atomic E-state index is 0.406. The maximum atomic E-state index is 6.67. The molecule has 0 aliphatic carbocycles. The molecule has 1 fully saturated rings.